The minimum Gasteiger partial charge on any atom is -0.321 e. The molecule has 0 aromatic carbocycles. The van der Waals surface area contributed by atoms with Crippen LogP contribution < -0.4 is 5.32 Å². The minimum absolute atomic E-state index is 0.0742. The van der Waals surface area contributed by atoms with E-state index in [9.17, 15) is 4.79 Å². The number of nitrogens with one attached hydrogen (secondary N) is 1. The third-order valence-corrected chi connectivity index (χ3v) is 3.17. The van der Waals surface area contributed by atoms with Gasteiger partial charge < -0.3 is 5.32 Å². The first kappa shape index (κ1) is 10.8. The quantitative estimate of drug-likeness (QED) is 0.864. The van der Waals surface area contributed by atoms with Crippen LogP contribution in [0.1, 0.15) is 20.1 Å². The molecule has 2 rings (SSSR count). The fraction of sp³-hybridized carbons (Fsp3) is 0.167. The molecule has 3 nitrogen and oxygen atoms in total. The molecule has 0 fully saturated rings. The summed E-state index contributed by atoms with van der Waals surface area (Å²) in [5, 5.41) is 2.82. The number of aromatic nitrogens is 1. The highest BCUT2D eigenvalue weighted by molar-refractivity contribution is 7.12. The Morgan fingerprint density at radius 3 is 2.81 bits per heavy atom. The maximum atomic E-state index is 11.9. The predicted octanol–water partition coefficient (Wildman–Crippen LogP) is 3.01. The Morgan fingerprint density at radius 2 is 2.25 bits per heavy atom. The van der Waals surface area contributed by atoms with Gasteiger partial charge in [-0.1, -0.05) is 0 Å². The summed E-state index contributed by atoms with van der Waals surface area (Å²) in [6.07, 6.45) is 3.31. The average Bonchev–Trinajstić information content (AvgIpc) is 2.59. The van der Waals surface area contributed by atoms with Gasteiger partial charge in [0.2, 0.25) is 0 Å². The summed E-state index contributed by atoms with van der Waals surface area (Å²) < 4.78 is 0. The SMILES string of the molecule is Cc1cc(C(=O)Nc2cccnc2)c(C)s1. The molecule has 82 valence electrons. The predicted molar refractivity (Wildman–Crippen MR) is 66.0 cm³/mol. The average molecular weight is 232 g/mol. The van der Waals surface area contributed by atoms with E-state index in [2.05, 4.69) is 10.3 Å². The van der Waals surface area contributed by atoms with Gasteiger partial charge in [-0.05, 0) is 32.0 Å². The molecular formula is C12H12N2OS. The molecule has 1 amide bonds. The smallest absolute Gasteiger partial charge is 0.256 e. The zero-order valence-electron chi connectivity index (χ0n) is 9.15. The van der Waals surface area contributed by atoms with Crippen molar-refractivity contribution in [1.29, 1.82) is 0 Å². The lowest BCUT2D eigenvalue weighted by molar-refractivity contribution is 0.102. The van der Waals surface area contributed by atoms with E-state index < -0.39 is 0 Å². The van der Waals surface area contributed by atoms with E-state index >= 15 is 0 Å². The molecule has 4 heteroatoms. The highest BCUT2D eigenvalue weighted by Crippen LogP contribution is 2.21. The molecule has 0 aliphatic heterocycles. The van der Waals surface area contributed by atoms with E-state index in [1.165, 1.54) is 0 Å². The van der Waals surface area contributed by atoms with Crippen LogP contribution in [-0.4, -0.2) is 10.9 Å². The Hall–Kier alpha value is -1.68. The van der Waals surface area contributed by atoms with Crippen molar-refractivity contribution in [2.45, 2.75) is 13.8 Å². The molecule has 2 heterocycles. The summed E-state index contributed by atoms with van der Waals surface area (Å²) >= 11 is 1.63. The van der Waals surface area contributed by atoms with Crippen molar-refractivity contribution in [3.8, 4) is 0 Å². The molecule has 0 atom stereocenters. The van der Waals surface area contributed by atoms with Gasteiger partial charge in [0.05, 0.1) is 17.4 Å². The highest BCUT2D eigenvalue weighted by atomic mass is 32.1. The number of nitrogens with zero attached hydrogens (tertiary/aromatic N) is 1. The molecule has 1 N–H and O–H groups in total. The molecule has 2 aromatic heterocycles. The summed E-state index contributed by atoms with van der Waals surface area (Å²) in [6, 6.07) is 5.52. The van der Waals surface area contributed by atoms with Crippen molar-refractivity contribution in [2.24, 2.45) is 0 Å². The fourth-order valence-corrected chi connectivity index (χ4v) is 2.41. The number of pyridine rings is 1. The largest absolute Gasteiger partial charge is 0.321 e. The lowest BCUT2D eigenvalue weighted by Crippen LogP contribution is -2.11. The third kappa shape index (κ3) is 2.28. The Morgan fingerprint density at radius 1 is 1.44 bits per heavy atom. The highest BCUT2D eigenvalue weighted by Gasteiger charge is 2.11. The Labute approximate surface area is 98.2 Å². The second-order valence-electron chi connectivity index (χ2n) is 3.52. The minimum atomic E-state index is -0.0742. The first-order chi connectivity index (χ1) is 7.66. The molecule has 0 saturated heterocycles. The van der Waals surface area contributed by atoms with Gasteiger partial charge in [0, 0.05) is 16.0 Å². The molecule has 0 unspecified atom stereocenters. The maximum Gasteiger partial charge on any atom is 0.256 e. The molecule has 0 radical (unpaired) electrons. The lowest BCUT2D eigenvalue weighted by Gasteiger charge is -2.03. The molecule has 2 aromatic rings. The van der Waals surface area contributed by atoms with E-state index in [-0.39, 0.29) is 5.91 Å². The van der Waals surface area contributed by atoms with Crippen LogP contribution in [0.4, 0.5) is 5.69 Å². The normalized spacial score (nSPS) is 10.1. The molecule has 0 saturated carbocycles. The first-order valence-electron chi connectivity index (χ1n) is 4.95. The first-order valence-corrected chi connectivity index (χ1v) is 5.77. The van der Waals surface area contributed by atoms with Crippen molar-refractivity contribution in [1.82, 2.24) is 4.98 Å². The standard InChI is InChI=1S/C12H12N2OS/c1-8-6-11(9(2)16-8)12(15)14-10-4-3-5-13-7-10/h3-7H,1-2H3,(H,14,15). The maximum absolute atomic E-state index is 11.9. The van der Waals surface area contributed by atoms with Gasteiger partial charge in [0.15, 0.2) is 0 Å². The summed E-state index contributed by atoms with van der Waals surface area (Å²) in [5.41, 5.74) is 1.46. The molecule has 0 bridgehead atoms. The molecule has 0 aliphatic rings. The van der Waals surface area contributed by atoms with Crippen LogP contribution in [0.15, 0.2) is 30.6 Å². The van der Waals surface area contributed by atoms with Crippen LogP contribution >= 0.6 is 11.3 Å². The van der Waals surface area contributed by atoms with Gasteiger partial charge in [-0.3, -0.25) is 9.78 Å². The van der Waals surface area contributed by atoms with Gasteiger partial charge in [-0.15, -0.1) is 11.3 Å². The zero-order chi connectivity index (χ0) is 11.5. The number of amides is 1. The van der Waals surface area contributed by atoms with Crippen LogP contribution in [0.3, 0.4) is 0 Å². The van der Waals surface area contributed by atoms with Crippen molar-refractivity contribution < 1.29 is 4.79 Å². The molecule has 0 spiro atoms. The number of anilines is 1. The Balaban J connectivity index is 2.18. The monoisotopic (exact) mass is 232 g/mol. The summed E-state index contributed by atoms with van der Waals surface area (Å²) in [7, 11) is 0. The molecular weight excluding hydrogens is 220 g/mol. The van der Waals surface area contributed by atoms with Gasteiger partial charge in [0.1, 0.15) is 0 Å². The van der Waals surface area contributed by atoms with Crippen molar-refractivity contribution in [2.75, 3.05) is 5.32 Å². The van der Waals surface area contributed by atoms with Gasteiger partial charge in [-0.25, -0.2) is 0 Å². The number of rotatable bonds is 2. The molecule has 16 heavy (non-hydrogen) atoms. The van der Waals surface area contributed by atoms with E-state index in [1.807, 2.05) is 26.0 Å². The van der Waals surface area contributed by atoms with Gasteiger partial charge >= 0.3 is 0 Å². The summed E-state index contributed by atoms with van der Waals surface area (Å²) in [4.78, 5) is 18.1. The number of aryl methyl sites for hydroxylation is 2. The second-order valence-corrected chi connectivity index (χ2v) is 4.98. The number of thiophene rings is 1. The van der Waals surface area contributed by atoms with Crippen molar-refractivity contribution >= 4 is 22.9 Å². The zero-order valence-corrected chi connectivity index (χ0v) is 9.97. The lowest BCUT2D eigenvalue weighted by atomic mass is 10.2. The van der Waals surface area contributed by atoms with Crippen LogP contribution in [0.5, 0.6) is 0 Å². The van der Waals surface area contributed by atoms with Crippen LogP contribution in [0.2, 0.25) is 0 Å². The summed E-state index contributed by atoms with van der Waals surface area (Å²) in [5.74, 6) is -0.0742. The number of carbonyl (C=O) groups excluding carboxylic acids is 1. The Kier molecular flexibility index (Phi) is 3.01. The fourth-order valence-electron chi connectivity index (χ4n) is 1.49. The van der Waals surface area contributed by atoms with E-state index in [0.717, 1.165) is 21.0 Å². The van der Waals surface area contributed by atoms with Crippen molar-refractivity contribution in [3.63, 3.8) is 0 Å². The van der Waals surface area contributed by atoms with Crippen LogP contribution in [0.25, 0.3) is 0 Å². The number of carbonyl (C=O) groups is 1. The molecule has 0 aliphatic carbocycles. The number of hydrogen-bond acceptors (Lipinski definition) is 3. The summed E-state index contributed by atoms with van der Waals surface area (Å²) in [6.45, 7) is 3.95. The Bertz CT molecular complexity index is 505. The van der Waals surface area contributed by atoms with Crippen LogP contribution in [-0.2, 0) is 0 Å². The third-order valence-electron chi connectivity index (χ3n) is 2.21. The topological polar surface area (TPSA) is 42.0 Å². The van der Waals surface area contributed by atoms with Gasteiger partial charge in [0.25, 0.3) is 5.91 Å². The van der Waals surface area contributed by atoms with Crippen molar-refractivity contribution in [3.05, 3.63) is 45.9 Å². The van der Waals surface area contributed by atoms with E-state index in [4.69, 9.17) is 0 Å². The second kappa shape index (κ2) is 4.45. The van der Waals surface area contributed by atoms with E-state index in [0.29, 0.717) is 0 Å². The van der Waals surface area contributed by atoms with Gasteiger partial charge in [-0.2, -0.15) is 0 Å². The van der Waals surface area contributed by atoms with E-state index in [1.54, 1.807) is 29.8 Å². The number of hydrogen-bond donors (Lipinski definition) is 1. The van der Waals surface area contributed by atoms with Crippen LogP contribution in [0, 0.1) is 13.8 Å².